The van der Waals surface area contributed by atoms with Crippen LogP contribution in [0.4, 0.5) is 0 Å². The van der Waals surface area contributed by atoms with Crippen molar-refractivity contribution in [1.29, 1.82) is 0 Å². The fraction of sp³-hybridized carbons (Fsp3) is 0.579. The molecule has 2 heterocycles. The molecule has 23 heavy (non-hydrogen) atoms. The van der Waals surface area contributed by atoms with E-state index in [1.807, 2.05) is 19.1 Å². The Labute approximate surface area is 138 Å². The van der Waals surface area contributed by atoms with Gasteiger partial charge in [0.1, 0.15) is 0 Å². The van der Waals surface area contributed by atoms with Crippen LogP contribution >= 0.6 is 0 Å². The molecule has 1 saturated heterocycles. The third kappa shape index (κ3) is 4.12. The Morgan fingerprint density at radius 3 is 2.83 bits per heavy atom. The molecule has 1 atom stereocenters. The van der Waals surface area contributed by atoms with Crippen molar-refractivity contribution in [1.82, 2.24) is 9.88 Å². The van der Waals surface area contributed by atoms with Crippen LogP contribution in [0.3, 0.4) is 0 Å². The van der Waals surface area contributed by atoms with Gasteiger partial charge in [0.15, 0.2) is 0 Å². The van der Waals surface area contributed by atoms with Gasteiger partial charge in [-0.2, -0.15) is 0 Å². The van der Waals surface area contributed by atoms with Crippen LogP contribution < -0.4 is 4.74 Å². The highest BCUT2D eigenvalue weighted by Crippen LogP contribution is 2.25. The number of allylic oxidation sites excluding steroid dienone is 2. The first-order chi connectivity index (χ1) is 11.2. The summed E-state index contributed by atoms with van der Waals surface area (Å²) in [6.45, 7) is 4.46. The van der Waals surface area contributed by atoms with Crippen LogP contribution in [0.15, 0.2) is 30.5 Å². The third-order valence-corrected chi connectivity index (χ3v) is 4.96. The quantitative estimate of drug-likeness (QED) is 0.800. The lowest BCUT2D eigenvalue weighted by Gasteiger charge is -2.34. The van der Waals surface area contributed by atoms with Gasteiger partial charge in [-0.3, -0.25) is 4.79 Å². The number of nitrogens with zero attached hydrogens (tertiary/aromatic N) is 2. The summed E-state index contributed by atoms with van der Waals surface area (Å²) in [5.41, 5.74) is 1.07. The van der Waals surface area contributed by atoms with Gasteiger partial charge < -0.3 is 9.64 Å². The Kier molecular flexibility index (Phi) is 5.31. The Hall–Kier alpha value is -1.84. The molecule has 3 rings (SSSR count). The highest BCUT2D eigenvalue weighted by atomic mass is 16.5. The highest BCUT2D eigenvalue weighted by Gasteiger charge is 2.28. The van der Waals surface area contributed by atoms with Gasteiger partial charge >= 0.3 is 0 Å². The van der Waals surface area contributed by atoms with Gasteiger partial charge in [-0.1, -0.05) is 18.2 Å². The van der Waals surface area contributed by atoms with E-state index in [-0.39, 0.29) is 5.92 Å². The van der Waals surface area contributed by atoms with Gasteiger partial charge in [-0.15, -0.1) is 0 Å². The van der Waals surface area contributed by atoms with Crippen molar-refractivity contribution in [2.45, 2.75) is 39.0 Å². The summed E-state index contributed by atoms with van der Waals surface area (Å²) in [4.78, 5) is 18.9. The standard InChI is InChI=1S/C19H26N2O2/c1-15-6-5-11-20-18(15)23-14-16-9-12-21(13-10-16)19(22)17-7-3-2-4-8-17/h2-3,5-6,11,16-17H,4,7-10,12-14H2,1H3. The Morgan fingerprint density at radius 1 is 1.30 bits per heavy atom. The van der Waals surface area contributed by atoms with Crippen molar-refractivity contribution in [3.63, 3.8) is 0 Å². The van der Waals surface area contributed by atoms with Gasteiger partial charge in [0.05, 0.1) is 6.61 Å². The maximum absolute atomic E-state index is 12.5. The summed E-state index contributed by atoms with van der Waals surface area (Å²) < 4.78 is 5.86. The topological polar surface area (TPSA) is 42.4 Å². The number of carbonyl (C=O) groups excluding carboxylic acids is 1. The number of ether oxygens (including phenoxy) is 1. The van der Waals surface area contributed by atoms with Crippen molar-refractivity contribution in [3.05, 3.63) is 36.0 Å². The van der Waals surface area contributed by atoms with Crippen molar-refractivity contribution in [2.24, 2.45) is 11.8 Å². The fourth-order valence-corrected chi connectivity index (χ4v) is 3.42. The molecule has 0 saturated carbocycles. The smallest absolute Gasteiger partial charge is 0.226 e. The zero-order chi connectivity index (χ0) is 16.1. The summed E-state index contributed by atoms with van der Waals surface area (Å²) in [6.07, 6.45) is 11.1. The molecule has 4 heteroatoms. The van der Waals surface area contributed by atoms with Gasteiger partial charge in [-0.05, 0) is 51.0 Å². The van der Waals surface area contributed by atoms with E-state index in [0.717, 1.165) is 56.6 Å². The molecule has 1 aromatic rings. The molecule has 4 nitrogen and oxygen atoms in total. The molecule has 0 radical (unpaired) electrons. The van der Waals surface area contributed by atoms with Crippen LogP contribution in [-0.2, 0) is 4.79 Å². The molecule has 0 aromatic carbocycles. The first-order valence-electron chi connectivity index (χ1n) is 8.72. The van der Waals surface area contributed by atoms with E-state index in [1.54, 1.807) is 6.20 Å². The number of rotatable bonds is 4. The van der Waals surface area contributed by atoms with Gasteiger partial charge in [0.25, 0.3) is 0 Å². The number of aryl methyl sites for hydroxylation is 1. The number of pyridine rings is 1. The van der Waals surface area contributed by atoms with Crippen molar-refractivity contribution >= 4 is 5.91 Å². The average molecular weight is 314 g/mol. The largest absolute Gasteiger partial charge is 0.477 e. The second-order valence-electron chi connectivity index (χ2n) is 6.69. The predicted octanol–water partition coefficient (Wildman–Crippen LogP) is 3.36. The number of hydrogen-bond acceptors (Lipinski definition) is 3. The zero-order valence-electron chi connectivity index (χ0n) is 13.9. The second-order valence-corrected chi connectivity index (χ2v) is 6.69. The summed E-state index contributed by atoms with van der Waals surface area (Å²) in [5.74, 6) is 1.82. The van der Waals surface area contributed by atoms with Crippen LogP contribution in [0.5, 0.6) is 5.88 Å². The van der Waals surface area contributed by atoms with Crippen LogP contribution in [-0.4, -0.2) is 35.5 Å². The lowest BCUT2D eigenvalue weighted by Crippen LogP contribution is -2.42. The van der Waals surface area contributed by atoms with Crippen LogP contribution in [0.1, 0.15) is 37.7 Å². The summed E-state index contributed by atoms with van der Waals surface area (Å²) in [5, 5.41) is 0. The minimum atomic E-state index is 0.212. The number of likely N-dealkylation sites (tertiary alicyclic amines) is 1. The van der Waals surface area contributed by atoms with E-state index >= 15 is 0 Å². The molecular weight excluding hydrogens is 288 g/mol. The molecule has 1 unspecified atom stereocenters. The number of piperidine rings is 1. The third-order valence-electron chi connectivity index (χ3n) is 4.96. The van der Waals surface area contributed by atoms with E-state index in [0.29, 0.717) is 18.4 Å². The van der Waals surface area contributed by atoms with Crippen LogP contribution in [0.25, 0.3) is 0 Å². The predicted molar refractivity (Wildman–Crippen MR) is 90.3 cm³/mol. The summed E-state index contributed by atoms with van der Waals surface area (Å²) in [6, 6.07) is 3.94. The molecule has 1 aliphatic carbocycles. The van der Waals surface area contributed by atoms with Crippen molar-refractivity contribution < 1.29 is 9.53 Å². The van der Waals surface area contributed by atoms with Crippen LogP contribution in [0.2, 0.25) is 0 Å². The average Bonchev–Trinajstić information content (AvgIpc) is 2.62. The van der Waals surface area contributed by atoms with E-state index in [4.69, 9.17) is 4.74 Å². The molecule has 1 aromatic heterocycles. The van der Waals surface area contributed by atoms with E-state index < -0.39 is 0 Å². The Bertz CT molecular complexity index is 562. The van der Waals surface area contributed by atoms with Gasteiger partial charge in [0.2, 0.25) is 11.8 Å². The molecule has 124 valence electrons. The number of amides is 1. The molecule has 1 aliphatic heterocycles. The van der Waals surface area contributed by atoms with Gasteiger partial charge in [-0.25, -0.2) is 4.98 Å². The van der Waals surface area contributed by atoms with Gasteiger partial charge in [0, 0.05) is 30.8 Å². The molecule has 0 spiro atoms. The lowest BCUT2D eigenvalue weighted by atomic mass is 9.91. The van der Waals surface area contributed by atoms with Crippen LogP contribution in [0, 0.1) is 18.8 Å². The molecule has 1 amide bonds. The first kappa shape index (κ1) is 16.0. The maximum atomic E-state index is 12.5. The monoisotopic (exact) mass is 314 g/mol. The van der Waals surface area contributed by atoms with E-state index in [2.05, 4.69) is 22.0 Å². The minimum absolute atomic E-state index is 0.212. The molecule has 1 fully saturated rings. The normalized spacial score (nSPS) is 22.1. The summed E-state index contributed by atoms with van der Waals surface area (Å²) in [7, 11) is 0. The lowest BCUT2D eigenvalue weighted by molar-refractivity contribution is -0.137. The van der Waals surface area contributed by atoms with Crippen molar-refractivity contribution in [3.8, 4) is 5.88 Å². The number of hydrogen-bond donors (Lipinski definition) is 0. The van der Waals surface area contributed by atoms with E-state index in [1.165, 1.54) is 0 Å². The Balaban J connectivity index is 1.44. The van der Waals surface area contributed by atoms with E-state index in [9.17, 15) is 4.79 Å². The maximum Gasteiger partial charge on any atom is 0.226 e. The second kappa shape index (κ2) is 7.62. The molecule has 2 aliphatic rings. The molecule has 0 bridgehead atoms. The molecular formula is C19H26N2O2. The molecule has 0 N–H and O–H groups in total. The SMILES string of the molecule is Cc1cccnc1OCC1CCN(C(=O)C2CC=CCC2)CC1. The highest BCUT2D eigenvalue weighted by molar-refractivity contribution is 5.79. The first-order valence-corrected chi connectivity index (χ1v) is 8.72. The minimum Gasteiger partial charge on any atom is -0.477 e. The summed E-state index contributed by atoms with van der Waals surface area (Å²) >= 11 is 0. The number of aromatic nitrogens is 1. The zero-order valence-corrected chi connectivity index (χ0v) is 13.9. The fourth-order valence-electron chi connectivity index (χ4n) is 3.42. The Morgan fingerprint density at radius 2 is 2.13 bits per heavy atom. The van der Waals surface area contributed by atoms with Crippen molar-refractivity contribution in [2.75, 3.05) is 19.7 Å². The number of carbonyl (C=O) groups is 1.